The Morgan fingerprint density at radius 3 is 2.59 bits per heavy atom. The van der Waals surface area contributed by atoms with Crippen LogP contribution in [0.1, 0.15) is 6.92 Å². The number of benzene rings is 2. The molecule has 0 aliphatic heterocycles. The van der Waals surface area contributed by atoms with Crippen LogP contribution in [0.2, 0.25) is 0 Å². The Bertz CT molecular complexity index is 629. The number of nitrogen functional groups attached to an aromatic ring is 1. The average Bonchev–Trinajstić information content (AvgIpc) is 2.53. The molecule has 0 spiro atoms. The van der Waals surface area contributed by atoms with E-state index in [1.807, 2.05) is 42.2 Å². The van der Waals surface area contributed by atoms with E-state index in [9.17, 15) is 4.79 Å². The molecule has 0 fully saturated rings. The predicted octanol–water partition coefficient (Wildman–Crippen LogP) is 2.74. The number of anilines is 3. The predicted molar refractivity (Wildman–Crippen MR) is 90.4 cm³/mol. The first-order chi connectivity index (χ1) is 10.6. The van der Waals surface area contributed by atoms with Crippen molar-refractivity contribution >= 4 is 23.0 Å². The molecule has 2 aromatic rings. The maximum atomic E-state index is 12.3. The number of nitrogens with one attached hydrogen (secondary N) is 1. The molecule has 0 aliphatic rings. The molecule has 5 heteroatoms. The molecule has 0 radical (unpaired) electrons. The zero-order chi connectivity index (χ0) is 15.9. The second-order valence-electron chi connectivity index (χ2n) is 4.86. The molecule has 0 unspecified atom stereocenters. The molecule has 0 aromatic heterocycles. The van der Waals surface area contributed by atoms with Crippen molar-refractivity contribution in [2.45, 2.75) is 6.92 Å². The van der Waals surface area contributed by atoms with Crippen molar-refractivity contribution in [1.82, 2.24) is 0 Å². The van der Waals surface area contributed by atoms with E-state index in [-0.39, 0.29) is 12.5 Å². The number of hydrogen-bond acceptors (Lipinski definition) is 4. The van der Waals surface area contributed by atoms with Crippen molar-refractivity contribution in [2.75, 3.05) is 36.1 Å². The lowest BCUT2D eigenvalue weighted by atomic mass is 10.2. The summed E-state index contributed by atoms with van der Waals surface area (Å²) in [4.78, 5) is 14.3. The minimum atomic E-state index is -0.116. The number of methoxy groups -OCH3 is 1. The van der Waals surface area contributed by atoms with E-state index < -0.39 is 0 Å². The molecule has 0 aliphatic carbocycles. The van der Waals surface area contributed by atoms with Crippen LogP contribution >= 0.6 is 0 Å². The molecule has 0 heterocycles. The topological polar surface area (TPSA) is 67.6 Å². The molecule has 3 N–H and O–H groups in total. The summed E-state index contributed by atoms with van der Waals surface area (Å²) in [6.45, 7) is 3.02. The Hall–Kier alpha value is -2.69. The minimum absolute atomic E-state index is 0.116. The van der Waals surface area contributed by atoms with Crippen LogP contribution in [0.3, 0.4) is 0 Å². The lowest BCUT2D eigenvalue weighted by Gasteiger charge is -2.22. The number of para-hydroxylation sites is 1. The number of nitrogens with two attached hydrogens (primary N) is 1. The van der Waals surface area contributed by atoms with Gasteiger partial charge >= 0.3 is 0 Å². The number of carbonyl (C=O) groups excluding carboxylic acids is 1. The number of amides is 1. The Kier molecular flexibility index (Phi) is 5.25. The van der Waals surface area contributed by atoms with E-state index in [0.717, 1.165) is 12.2 Å². The van der Waals surface area contributed by atoms with Gasteiger partial charge in [0.2, 0.25) is 5.91 Å². The van der Waals surface area contributed by atoms with Gasteiger partial charge in [0.25, 0.3) is 0 Å². The van der Waals surface area contributed by atoms with Gasteiger partial charge in [-0.05, 0) is 37.3 Å². The number of carbonyl (C=O) groups is 1. The fraction of sp³-hybridized carbons (Fsp3) is 0.235. The van der Waals surface area contributed by atoms with Gasteiger partial charge in [-0.3, -0.25) is 4.79 Å². The van der Waals surface area contributed by atoms with Crippen LogP contribution in [-0.2, 0) is 4.79 Å². The minimum Gasteiger partial charge on any atom is -0.495 e. The zero-order valence-electron chi connectivity index (χ0n) is 12.9. The monoisotopic (exact) mass is 299 g/mol. The van der Waals surface area contributed by atoms with Gasteiger partial charge in [-0.2, -0.15) is 0 Å². The smallest absolute Gasteiger partial charge is 0.243 e. The normalized spacial score (nSPS) is 10.1. The second kappa shape index (κ2) is 7.36. The summed E-state index contributed by atoms with van der Waals surface area (Å²) in [5, 5.41) is 2.85. The highest BCUT2D eigenvalue weighted by atomic mass is 16.5. The summed E-state index contributed by atoms with van der Waals surface area (Å²) in [7, 11) is 1.56. The third kappa shape index (κ3) is 3.91. The summed E-state index contributed by atoms with van der Waals surface area (Å²) in [6, 6.07) is 15.0. The molecule has 22 heavy (non-hydrogen) atoms. The molecule has 0 saturated heterocycles. The van der Waals surface area contributed by atoms with Gasteiger partial charge in [0.1, 0.15) is 5.75 Å². The van der Waals surface area contributed by atoms with E-state index in [4.69, 9.17) is 10.5 Å². The lowest BCUT2D eigenvalue weighted by Crippen LogP contribution is -2.33. The van der Waals surface area contributed by atoms with E-state index in [1.54, 1.807) is 25.3 Å². The third-order valence-corrected chi connectivity index (χ3v) is 3.34. The Balaban J connectivity index is 2.08. The summed E-state index contributed by atoms with van der Waals surface area (Å²) in [5.74, 6) is 0.472. The van der Waals surface area contributed by atoms with Gasteiger partial charge in [-0.25, -0.2) is 0 Å². The number of ether oxygens (including phenoxy) is 1. The van der Waals surface area contributed by atoms with Crippen molar-refractivity contribution in [3.8, 4) is 5.75 Å². The Morgan fingerprint density at radius 1 is 1.23 bits per heavy atom. The zero-order valence-corrected chi connectivity index (χ0v) is 12.9. The van der Waals surface area contributed by atoms with Gasteiger partial charge in [0.05, 0.1) is 19.3 Å². The number of rotatable bonds is 6. The summed E-state index contributed by atoms with van der Waals surface area (Å²) < 4.78 is 5.23. The molecule has 1 amide bonds. The quantitative estimate of drug-likeness (QED) is 0.805. The lowest BCUT2D eigenvalue weighted by molar-refractivity contribution is -0.115. The average molecular weight is 299 g/mol. The van der Waals surface area contributed by atoms with Crippen molar-refractivity contribution < 1.29 is 9.53 Å². The number of hydrogen-bond donors (Lipinski definition) is 2. The van der Waals surface area contributed by atoms with Gasteiger partial charge in [-0.15, -0.1) is 0 Å². The third-order valence-electron chi connectivity index (χ3n) is 3.34. The fourth-order valence-corrected chi connectivity index (χ4v) is 2.21. The van der Waals surface area contributed by atoms with E-state index in [2.05, 4.69) is 5.32 Å². The summed E-state index contributed by atoms with van der Waals surface area (Å²) in [5.41, 5.74) is 7.93. The van der Waals surface area contributed by atoms with Crippen LogP contribution in [-0.4, -0.2) is 26.1 Å². The van der Waals surface area contributed by atoms with Crippen molar-refractivity contribution in [3.05, 3.63) is 48.5 Å². The van der Waals surface area contributed by atoms with Crippen molar-refractivity contribution in [1.29, 1.82) is 0 Å². The van der Waals surface area contributed by atoms with Gasteiger partial charge in [0, 0.05) is 17.9 Å². The van der Waals surface area contributed by atoms with Gasteiger partial charge in [0.15, 0.2) is 0 Å². The first-order valence-corrected chi connectivity index (χ1v) is 7.17. The first-order valence-electron chi connectivity index (χ1n) is 7.17. The molecular weight excluding hydrogens is 278 g/mol. The van der Waals surface area contributed by atoms with Crippen LogP contribution in [0.25, 0.3) is 0 Å². The highest BCUT2D eigenvalue weighted by Crippen LogP contribution is 2.26. The fourth-order valence-electron chi connectivity index (χ4n) is 2.21. The molecule has 0 bridgehead atoms. The Labute approximate surface area is 130 Å². The van der Waals surface area contributed by atoms with Gasteiger partial charge in [-0.1, -0.05) is 18.2 Å². The highest BCUT2D eigenvalue weighted by molar-refractivity contribution is 5.95. The number of likely N-dealkylation sites (N-methyl/N-ethyl adjacent to an activating group) is 1. The maximum absolute atomic E-state index is 12.3. The van der Waals surface area contributed by atoms with Crippen LogP contribution in [0.15, 0.2) is 48.5 Å². The van der Waals surface area contributed by atoms with E-state index >= 15 is 0 Å². The molecular formula is C17H21N3O2. The molecule has 2 aromatic carbocycles. The SMILES string of the molecule is CCN(CC(=O)Nc1cc(N)ccc1OC)c1ccccc1. The van der Waals surface area contributed by atoms with Crippen LogP contribution < -0.4 is 20.7 Å². The van der Waals surface area contributed by atoms with Gasteiger partial charge < -0.3 is 20.7 Å². The highest BCUT2D eigenvalue weighted by Gasteiger charge is 2.12. The van der Waals surface area contributed by atoms with Crippen LogP contribution in [0, 0.1) is 0 Å². The number of nitrogens with zero attached hydrogens (tertiary/aromatic N) is 1. The molecule has 5 nitrogen and oxygen atoms in total. The van der Waals surface area contributed by atoms with Crippen LogP contribution in [0.4, 0.5) is 17.1 Å². The van der Waals surface area contributed by atoms with E-state index in [1.165, 1.54) is 0 Å². The maximum Gasteiger partial charge on any atom is 0.243 e. The second-order valence-corrected chi connectivity index (χ2v) is 4.86. The molecule has 0 atom stereocenters. The largest absolute Gasteiger partial charge is 0.495 e. The molecule has 2 rings (SSSR count). The standard InChI is InChI=1S/C17H21N3O2/c1-3-20(14-7-5-4-6-8-14)12-17(21)19-15-11-13(18)9-10-16(15)22-2/h4-11H,3,12,18H2,1-2H3,(H,19,21). The van der Waals surface area contributed by atoms with Crippen molar-refractivity contribution in [3.63, 3.8) is 0 Å². The van der Waals surface area contributed by atoms with Crippen molar-refractivity contribution in [2.24, 2.45) is 0 Å². The van der Waals surface area contributed by atoms with E-state index in [0.29, 0.717) is 17.1 Å². The first kappa shape index (κ1) is 15.7. The Morgan fingerprint density at radius 2 is 1.95 bits per heavy atom. The molecule has 116 valence electrons. The van der Waals surface area contributed by atoms with Crippen LogP contribution in [0.5, 0.6) is 5.75 Å². The molecule has 0 saturated carbocycles. The summed E-state index contributed by atoms with van der Waals surface area (Å²) >= 11 is 0. The summed E-state index contributed by atoms with van der Waals surface area (Å²) in [6.07, 6.45) is 0.